The first-order chi connectivity index (χ1) is 9.66. The van der Waals surface area contributed by atoms with Gasteiger partial charge in [0.25, 0.3) is 0 Å². The van der Waals surface area contributed by atoms with Gasteiger partial charge in [0.2, 0.25) is 0 Å². The number of phenols is 1. The van der Waals surface area contributed by atoms with Crippen molar-refractivity contribution in [1.29, 1.82) is 0 Å². The van der Waals surface area contributed by atoms with Crippen LogP contribution in [0.1, 0.15) is 37.3 Å². The third-order valence-electron chi connectivity index (χ3n) is 4.17. The second-order valence-electron chi connectivity index (χ2n) is 5.58. The predicted octanol–water partition coefficient (Wildman–Crippen LogP) is 3.04. The number of aliphatic hydroxyl groups excluding tert-OH is 1. The minimum absolute atomic E-state index is 0.107. The molecule has 1 aromatic heterocycles. The van der Waals surface area contributed by atoms with Crippen molar-refractivity contribution in [2.24, 2.45) is 0 Å². The SMILES string of the molecule is Cc1cc(-c2nccn2[C@@H]2CCCC[C@H]2O)ccc1O. The molecule has 20 heavy (non-hydrogen) atoms. The summed E-state index contributed by atoms with van der Waals surface area (Å²) in [5.74, 6) is 1.16. The molecule has 4 nitrogen and oxygen atoms in total. The summed E-state index contributed by atoms with van der Waals surface area (Å²) in [5.41, 5.74) is 1.81. The number of imidazole rings is 1. The van der Waals surface area contributed by atoms with Gasteiger partial charge in [0.15, 0.2) is 0 Å². The maximum absolute atomic E-state index is 10.2. The number of aryl methyl sites for hydroxylation is 1. The Morgan fingerprint density at radius 1 is 1.25 bits per heavy atom. The Hall–Kier alpha value is -1.81. The predicted molar refractivity (Wildman–Crippen MR) is 77.6 cm³/mol. The van der Waals surface area contributed by atoms with Crippen molar-refractivity contribution in [2.45, 2.75) is 44.8 Å². The number of phenolic OH excluding ortho intramolecular Hbond substituents is 1. The molecule has 1 saturated carbocycles. The zero-order valence-electron chi connectivity index (χ0n) is 11.7. The van der Waals surface area contributed by atoms with Crippen LogP contribution in [-0.4, -0.2) is 25.9 Å². The van der Waals surface area contributed by atoms with E-state index in [1.54, 1.807) is 12.3 Å². The second kappa shape index (κ2) is 5.29. The molecular formula is C16H20N2O2. The fourth-order valence-corrected chi connectivity index (χ4v) is 3.01. The minimum Gasteiger partial charge on any atom is -0.508 e. The van der Waals surface area contributed by atoms with Gasteiger partial charge in [-0.2, -0.15) is 0 Å². The zero-order chi connectivity index (χ0) is 14.1. The number of rotatable bonds is 2. The summed E-state index contributed by atoms with van der Waals surface area (Å²) < 4.78 is 2.08. The molecule has 0 unspecified atom stereocenters. The Bertz CT molecular complexity index is 606. The van der Waals surface area contributed by atoms with Crippen LogP contribution in [0, 0.1) is 6.92 Å². The molecule has 0 amide bonds. The molecule has 1 fully saturated rings. The van der Waals surface area contributed by atoms with Crippen LogP contribution in [0.5, 0.6) is 5.75 Å². The molecule has 106 valence electrons. The summed E-state index contributed by atoms with van der Waals surface area (Å²) in [4.78, 5) is 4.44. The number of benzene rings is 1. The van der Waals surface area contributed by atoms with E-state index < -0.39 is 0 Å². The van der Waals surface area contributed by atoms with Crippen LogP contribution in [0.2, 0.25) is 0 Å². The molecule has 0 radical (unpaired) electrons. The summed E-state index contributed by atoms with van der Waals surface area (Å²) in [6.45, 7) is 1.88. The molecule has 1 aliphatic carbocycles. The Morgan fingerprint density at radius 2 is 2.05 bits per heavy atom. The van der Waals surface area contributed by atoms with Gasteiger partial charge >= 0.3 is 0 Å². The lowest BCUT2D eigenvalue weighted by molar-refractivity contribution is 0.0762. The highest BCUT2D eigenvalue weighted by Gasteiger charge is 2.26. The molecule has 3 rings (SSSR count). The van der Waals surface area contributed by atoms with Crippen LogP contribution >= 0.6 is 0 Å². The normalized spacial score (nSPS) is 22.9. The maximum Gasteiger partial charge on any atom is 0.140 e. The molecular weight excluding hydrogens is 252 g/mol. The van der Waals surface area contributed by atoms with Crippen molar-refractivity contribution < 1.29 is 10.2 Å². The smallest absolute Gasteiger partial charge is 0.140 e. The van der Waals surface area contributed by atoms with Crippen molar-refractivity contribution in [3.05, 3.63) is 36.2 Å². The molecule has 2 atom stereocenters. The lowest BCUT2D eigenvalue weighted by atomic mass is 9.92. The molecule has 2 aromatic rings. The number of aliphatic hydroxyl groups is 1. The molecule has 4 heteroatoms. The Balaban J connectivity index is 1.98. The van der Waals surface area contributed by atoms with Gasteiger partial charge in [-0.15, -0.1) is 0 Å². The van der Waals surface area contributed by atoms with Crippen molar-refractivity contribution in [1.82, 2.24) is 9.55 Å². The van der Waals surface area contributed by atoms with E-state index in [9.17, 15) is 10.2 Å². The zero-order valence-corrected chi connectivity index (χ0v) is 11.7. The van der Waals surface area contributed by atoms with E-state index >= 15 is 0 Å². The molecule has 1 aliphatic rings. The molecule has 0 aliphatic heterocycles. The van der Waals surface area contributed by atoms with E-state index in [2.05, 4.69) is 9.55 Å². The number of hydrogen-bond donors (Lipinski definition) is 2. The summed E-state index contributed by atoms with van der Waals surface area (Å²) >= 11 is 0. The maximum atomic E-state index is 10.2. The first-order valence-electron chi connectivity index (χ1n) is 7.17. The van der Waals surface area contributed by atoms with Crippen molar-refractivity contribution in [3.8, 4) is 17.1 Å². The summed E-state index contributed by atoms with van der Waals surface area (Å²) in [5, 5.41) is 19.9. The van der Waals surface area contributed by atoms with Crippen LogP contribution in [-0.2, 0) is 0 Å². The highest BCUT2D eigenvalue weighted by molar-refractivity contribution is 5.59. The van der Waals surface area contributed by atoms with Crippen LogP contribution in [0.4, 0.5) is 0 Å². The van der Waals surface area contributed by atoms with Gasteiger partial charge in [0, 0.05) is 18.0 Å². The monoisotopic (exact) mass is 272 g/mol. The molecule has 2 N–H and O–H groups in total. The molecule has 1 aromatic carbocycles. The number of nitrogens with zero attached hydrogens (tertiary/aromatic N) is 2. The average Bonchev–Trinajstić information content (AvgIpc) is 2.91. The van der Waals surface area contributed by atoms with Gasteiger partial charge in [-0.05, 0) is 43.5 Å². The Morgan fingerprint density at radius 3 is 2.80 bits per heavy atom. The van der Waals surface area contributed by atoms with Crippen molar-refractivity contribution >= 4 is 0 Å². The molecule has 1 heterocycles. The Kier molecular flexibility index (Phi) is 3.49. The van der Waals surface area contributed by atoms with E-state index in [0.717, 1.165) is 42.6 Å². The van der Waals surface area contributed by atoms with Crippen molar-refractivity contribution in [3.63, 3.8) is 0 Å². The van der Waals surface area contributed by atoms with Crippen LogP contribution in [0.3, 0.4) is 0 Å². The van der Waals surface area contributed by atoms with Gasteiger partial charge in [-0.3, -0.25) is 0 Å². The van der Waals surface area contributed by atoms with E-state index in [4.69, 9.17) is 0 Å². The third kappa shape index (κ3) is 2.31. The van der Waals surface area contributed by atoms with Gasteiger partial charge < -0.3 is 14.8 Å². The molecule has 0 bridgehead atoms. The van der Waals surface area contributed by atoms with E-state index in [0.29, 0.717) is 5.75 Å². The summed E-state index contributed by atoms with van der Waals surface area (Å²) in [6.07, 6.45) is 7.51. The van der Waals surface area contributed by atoms with E-state index in [1.165, 1.54) is 0 Å². The second-order valence-corrected chi connectivity index (χ2v) is 5.58. The van der Waals surface area contributed by atoms with Gasteiger partial charge in [0.05, 0.1) is 12.1 Å². The lowest BCUT2D eigenvalue weighted by Crippen LogP contribution is -2.27. The first-order valence-corrected chi connectivity index (χ1v) is 7.17. The highest BCUT2D eigenvalue weighted by atomic mass is 16.3. The summed E-state index contributed by atoms with van der Waals surface area (Å²) in [7, 11) is 0. The number of aromatic nitrogens is 2. The van der Waals surface area contributed by atoms with E-state index in [-0.39, 0.29) is 12.1 Å². The third-order valence-corrected chi connectivity index (χ3v) is 4.17. The Labute approximate surface area is 118 Å². The van der Waals surface area contributed by atoms with Crippen LogP contribution in [0.15, 0.2) is 30.6 Å². The van der Waals surface area contributed by atoms with Crippen molar-refractivity contribution in [2.75, 3.05) is 0 Å². The molecule has 0 saturated heterocycles. The fraction of sp³-hybridized carbons (Fsp3) is 0.438. The lowest BCUT2D eigenvalue weighted by Gasteiger charge is -2.30. The van der Waals surface area contributed by atoms with Gasteiger partial charge in [-0.1, -0.05) is 12.8 Å². The quantitative estimate of drug-likeness (QED) is 0.883. The van der Waals surface area contributed by atoms with Gasteiger partial charge in [-0.25, -0.2) is 4.98 Å². The number of aromatic hydroxyl groups is 1. The minimum atomic E-state index is -0.296. The largest absolute Gasteiger partial charge is 0.508 e. The standard InChI is InChI=1S/C16H20N2O2/c1-11-10-12(6-7-14(11)19)16-17-8-9-18(16)13-4-2-3-5-15(13)20/h6-10,13,15,19-20H,2-5H2,1H3/t13-,15-/m1/s1. The molecule has 0 spiro atoms. The average molecular weight is 272 g/mol. The van der Waals surface area contributed by atoms with Crippen LogP contribution in [0.25, 0.3) is 11.4 Å². The summed E-state index contributed by atoms with van der Waals surface area (Å²) in [6, 6.07) is 5.61. The van der Waals surface area contributed by atoms with E-state index in [1.807, 2.05) is 25.3 Å². The topological polar surface area (TPSA) is 58.3 Å². The number of hydrogen-bond acceptors (Lipinski definition) is 3. The highest BCUT2D eigenvalue weighted by Crippen LogP contribution is 2.33. The first kappa shape index (κ1) is 13.2. The fourth-order valence-electron chi connectivity index (χ4n) is 3.01. The van der Waals surface area contributed by atoms with Crippen LogP contribution < -0.4 is 0 Å². The van der Waals surface area contributed by atoms with Gasteiger partial charge in [0.1, 0.15) is 11.6 Å².